The molecule has 0 aromatic heterocycles. The summed E-state index contributed by atoms with van der Waals surface area (Å²) in [5, 5.41) is 6.07. The van der Waals surface area contributed by atoms with Gasteiger partial charge in [0.25, 0.3) is 0 Å². The van der Waals surface area contributed by atoms with Crippen LogP contribution in [0.5, 0.6) is 0 Å². The zero-order chi connectivity index (χ0) is 12.5. The fourth-order valence-electron chi connectivity index (χ4n) is 2.74. The molecule has 108 valence electrons. The number of likely N-dealkylation sites (N-methyl/N-ethyl adjacent to an activating group) is 1. The van der Waals surface area contributed by atoms with Crippen LogP contribution in [0.4, 0.5) is 0 Å². The van der Waals surface area contributed by atoms with E-state index in [0.29, 0.717) is 0 Å². The van der Waals surface area contributed by atoms with Crippen molar-refractivity contribution < 1.29 is 4.79 Å². The molecule has 3 nitrogen and oxygen atoms in total. The monoisotopic (exact) mass is 276 g/mol. The molecular formula is C14H29ClN2O. The van der Waals surface area contributed by atoms with Crippen LogP contribution in [0.15, 0.2) is 0 Å². The number of hydrogen-bond donors (Lipinski definition) is 2. The summed E-state index contributed by atoms with van der Waals surface area (Å²) in [7, 11) is 1.91. The zero-order valence-electron chi connectivity index (χ0n) is 11.8. The van der Waals surface area contributed by atoms with Gasteiger partial charge in [0.15, 0.2) is 0 Å². The molecule has 18 heavy (non-hydrogen) atoms. The number of halogens is 1. The summed E-state index contributed by atoms with van der Waals surface area (Å²) in [4.78, 5) is 12.0. The van der Waals surface area contributed by atoms with Crippen LogP contribution in [-0.2, 0) is 4.79 Å². The molecule has 4 heteroatoms. The number of carbonyl (C=O) groups is 1. The van der Waals surface area contributed by atoms with Crippen LogP contribution >= 0.6 is 12.4 Å². The molecule has 0 aromatic carbocycles. The fourth-order valence-corrected chi connectivity index (χ4v) is 2.74. The fraction of sp³-hybridized carbons (Fsp3) is 0.929. The van der Waals surface area contributed by atoms with E-state index < -0.39 is 0 Å². The van der Waals surface area contributed by atoms with Gasteiger partial charge < -0.3 is 10.6 Å². The Morgan fingerprint density at radius 3 is 2.44 bits per heavy atom. The molecule has 0 aromatic rings. The van der Waals surface area contributed by atoms with Gasteiger partial charge in [-0.25, -0.2) is 0 Å². The molecule has 1 aliphatic rings. The van der Waals surface area contributed by atoms with Crippen LogP contribution in [-0.4, -0.2) is 26.0 Å². The molecule has 1 rings (SSSR count). The minimum absolute atomic E-state index is 0. The molecule has 0 spiro atoms. The maximum atomic E-state index is 12.0. The van der Waals surface area contributed by atoms with Gasteiger partial charge in [-0.05, 0) is 25.8 Å². The van der Waals surface area contributed by atoms with Gasteiger partial charge in [0.05, 0.1) is 0 Å². The van der Waals surface area contributed by atoms with Crippen molar-refractivity contribution in [2.24, 2.45) is 11.8 Å². The molecule has 0 saturated heterocycles. The lowest BCUT2D eigenvalue weighted by atomic mass is 9.82. The van der Waals surface area contributed by atoms with Gasteiger partial charge in [-0.2, -0.15) is 0 Å². The Balaban J connectivity index is 0.00000289. The molecule has 1 saturated carbocycles. The number of carbonyl (C=O) groups excluding carboxylic acids is 1. The molecule has 0 bridgehead atoms. The van der Waals surface area contributed by atoms with E-state index in [4.69, 9.17) is 0 Å². The maximum absolute atomic E-state index is 12.0. The second-order valence-corrected chi connectivity index (χ2v) is 5.24. The van der Waals surface area contributed by atoms with Crippen molar-refractivity contribution >= 4 is 18.3 Å². The van der Waals surface area contributed by atoms with Crippen molar-refractivity contribution in [2.45, 2.75) is 51.9 Å². The first-order chi connectivity index (χ1) is 8.27. The summed E-state index contributed by atoms with van der Waals surface area (Å²) in [6, 6.07) is 0. The average Bonchev–Trinajstić information content (AvgIpc) is 2.37. The normalized spacial score (nSPS) is 17.9. The first-order valence-corrected chi connectivity index (χ1v) is 7.20. The molecule has 1 fully saturated rings. The van der Waals surface area contributed by atoms with Crippen molar-refractivity contribution in [2.75, 3.05) is 20.1 Å². The van der Waals surface area contributed by atoms with Crippen LogP contribution < -0.4 is 10.6 Å². The second-order valence-electron chi connectivity index (χ2n) is 5.24. The highest BCUT2D eigenvalue weighted by Crippen LogP contribution is 2.30. The van der Waals surface area contributed by atoms with E-state index in [1.807, 2.05) is 7.05 Å². The Bertz CT molecular complexity index is 218. The summed E-state index contributed by atoms with van der Waals surface area (Å²) >= 11 is 0. The third-order valence-electron chi connectivity index (χ3n) is 3.88. The van der Waals surface area contributed by atoms with E-state index in [2.05, 4.69) is 17.6 Å². The van der Waals surface area contributed by atoms with Gasteiger partial charge in [-0.15, -0.1) is 12.4 Å². The third kappa shape index (κ3) is 6.60. The van der Waals surface area contributed by atoms with Crippen LogP contribution in [0.25, 0.3) is 0 Å². The van der Waals surface area contributed by atoms with Crippen molar-refractivity contribution in [1.82, 2.24) is 10.6 Å². The summed E-state index contributed by atoms with van der Waals surface area (Å²) in [6.07, 6.45) is 8.86. The first-order valence-electron chi connectivity index (χ1n) is 7.20. The van der Waals surface area contributed by atoms with Gasteiger partial charge in [-0.1, -0.05) is 39.0 Å². The second kappa shape index (κ2) is 10.6. The zero-order valence-corrected chi connectivity index (χ0v) is 12.7. The highest BCUT2D eigenvalue weighted by atomic mass is 35.5. The lowest BCUT2D eigenvalue weighted by Crippen LogP contribution is -2.35. The lowest BCUT2D eigenvalue weighted by molar-refractivity contribution is -0.125. The molecule has 1 atom stereocenters. The van der Waals surface area contributed by atoms with Crippen LogP contribution in [0.2, 0.25) is 0 Å². The molecule has 0 radical (unpaired) electrons. The van der Waals surface area contributed by atoms with Crippen molar-refractivity contribution in [3.8, 4) is 0 Å². The van der Waals surface area contributed by atoms with E-state index in [-0.39, 0.29) is 24.2 Å². The van der Waals surface area contributed by atoms with E-state index in [1.165, 1.54) is 32.1 Å². The Morgan fingerprint density at radius 1 is 1.22 bits per heavy atom. The van der Waals surface area contributed by atoms with Crippen LogP contribution in [0.1, 0.15) is 51.9 Å². The molecular weight excluding hydrogens is 248 g/mol. The first kappa shape index (κ1) is 17.7. The van der Waals surface area contributed by atoms with Crippen LogP contribution in [0.3, 0.4) is 0 Å². The highest BCUT2D eigenvalue weighted by Gasteiger charge is 2.22. The summed E-state index contributed by atoms with van der Waals surface area (Å²) in [5.74, 6) is 1.28. The van der Waals surface area contributed by atoms with Gasteiger partial charge in [-0.3, -0.25) is 4.79 Å². The number of nitrogens with one attached hydrogen (secondary N) is 2. The van der Waals surface area contributed by atoms with E-state index >= 15 is 0 Å². The predicted octanol–water partition coefficient (Wildman–Crippen LogP) is 2.74. The number of hydrogen-bond acceptors (Lipinski definition) is 2. The van der Waals surface area contributed by atoms with Crippen molar-refractivity contribution in [3.05, 3.63) is 0 Å². The molecule has 0 aliphatic heterocycles. The van der Waals surface area contributed by atoms with E-state index in [0.717, 1.165) is 31.8 Å². The van der Waals surface area contributed by atoms with E-state index in [9.17, 15) is 4.79 Å². The summed E-state index contributed by atoms with van der Waals surface area (Å²) in [5.41, 5.74) is 0. The molecule has 1 aliphatic carbocycles. The van der Waals surface area contributed by atoms with Gasteiger partial charge in [0.1, 0.15) is 0 Å². The number of rotatable bonds is 7. The Hall–Kier alpha value is -0.280. The predicted molar refractivity (Wildman–Crippen MR) is 79.2 cm³/mol. The average molecular weight is 277 g/mol. The third-order valence-corrected chi connectivity index (χ3v) is 3.88. The Kier molecular flexibility index (Phi) is 10.5. The molecule has 2 N–H and O–H groups in total. The Morgan fingerprint density at radius 2 is 1.89 bits per heavy atom. The van der Waals surface area contributed by atoms with Gasteiger partial charge >= 0.3 is 0 Å². The largest absolute Gasteiger partial charge is 0.355 e. The smallest absolute Gasteiger partial charge is 0.223 e. The topological polar surface area (TPSA) is 41.1 Å². The van der Waals surface area contributed by atoms with Crippen LogP contribution in [0, 0.1) is 11.8 Å². The standard InChI is InChI=1S/C14H28N2O.ClH/c1-3-13(14(17)16-10-9-15-2)11-12-7-5-4-6-8-12;/h12-13,15H,3-11H2,1-2H3,(H,16,17);1H. The molecule has 1 unspecified atom stereocenters. The number of amides is 1. The SMILES string of the molecule is CCC(CC1CCCCC1)C(=O)NCCNC.Cl. The molecule has 1 amide bonds. The van der Waals surface area contributed by atoms with Gasteiger partial charge in [0.2, 0.25) is 5.91 Å². The van der Waals surface area contributed by atoms with E-state index in [1.54, 1.807) is 0 Å². The summed E-state index contributed by atoms with van der Waals surface area (Å²) in [6.45, 7) is 3.73. The minimum Gasteiger partial charge on any atom is -0.355 e. The quantitative estimate of drug-likeness (QED) is 0.702. The molecule has 0 heterocycles. The minimum atomic E-state index is 0. The summed E-state index contributed by atoms with van der Waals surface area (Å²) < 4.78 is 0. The maximum Gasteiger partial charge on any atom is 0.223 e. The van der Waals surface area contributed by atoms with Gasteiger partial charge in [0, 0.05) is 19.0 Å². The van der Waals surface area contributed by atoms with Crippen molar-refractivity contribution in [1.29, 1.82) is 0 Å². The Labute approximate surface area is 118 Å². The highest BCUT2D eigenvalue weighted by molar-refractivity contribution is 5.85. The van der Waals surface area contributed by atoms with Crippen molar-refractivity contribution in [3.63, 3.8) is 0 Å². The lowest BCUT2D eigenvalue weighted by Gasteiger charge is -2.25.